The number of benzene rings is 1. The molecule has 0 saturated carbocycles. The minimum Gasteiger partial charge on any atom is -0.476 e. The Kier molecular flexibility index (Phi) is 2.79. The molecule has 1 aliphatic heterocycles. The summed E-state index contributed by atoms with van der Waals surface area (Å²) >= 11 is 0. The molecule has 0 atom stereocenters. The molecule has 2 N–H and O–H groups in total. The van der Waals surface area contributed by atoms with Crippen LogP contribution in [0.5, 0.6) is 0 Å². The maximum atomic E-state index is 11.7. The summed E-state index contributed by atoms with van der Waals surface area (Å²) < 4.78 is 0. The predicted molar refractivity (Wildman–Crippen MR) is 71.1 cm³/mol. The first-order chi connectivity index (χ1) is 9.65. The topological polar surface area (TPSA) is 95.4 Å². The van der Waals surface area contributed by atoms with Crippen molar-refractivity contribution in [1.29, 1.82) is 0 Å². The van der Waals surface area contributed by atoms with E-state index in [2.05, 4.69) is 15.5 Å². The number of fused-ring (bicyclic) bond motifs is 1. The minimum absolute atomic E-state index is 0.109. The first kappa shape index (κ1) is 12.1. The van der Waals surface area contributed by atoms with E-state index in [0.717, 1.165) is 5.69 Å². The van der Waals surface area contributed by atoms with Gasteiger partial charge in [-0.2, -0.15) is 0 Å². The van der Waals surface area contributed by atoms with Gasteiger partial charge in [0.15, 0.2) is 11.5 Å². The highest BCUT2D eigenvalue weighted by atomic mass is 16.4. The Hall–Kier alpha value is -2.96. The third kappa shape index (κ3) is 2.05. The summed E-state index contributed by atoms with van der Waals surface area (Å²) in [6, 6.07) is 10.2. The van der Waals surface area contributed by atoms with Crippen molar-refractivity contribution in [2.24, 2.45) is 0 Å². The van der Waals surface area contributed by atoms with Gasteiger partial charge in [-0.3, -0.25) is 4.79 Å². The fourth-order valence-electron chi connectivity index (χ4n) is 2.02. The van der Waals surface area contributed by atoms with Crippen LogP contribution in [0.15, 0.2) is 36.4 Å². The van der Waals surface area contributed by atoms with Gasteiger partial charge in [-0.05, 0) is 24.3 Å². The van der Waals surface area contributed by atoms with Crippen molar-refractivity contribution >= 4 is 29.1 Å². The van der Waals surface area contributed by atoms with Gasteiger partial charge in [0.05, 0.1) is 11.4 Å². The molecule has 7 nitrogen and oxygen atoms in total. The van der Waals surface area contributed by atoms with Crippen LogP contribution >= 0.6 is 0 Å². The molecule has 3 rings (SSSR count). The molecule has 2 heterocycles. The van der Waals surface area contributed by atoms with E-state index in [0.29, 0.717) is 11.5 Å². The number of carbonyl (C=O) groups excluding carboxylic acids is 1. The Morgan fingerprint density at radius 3 is 2.70 bits per heavy atom. The van der Waals surface area contributed by atoms with Gasteiger partial charge in [0.2, 0.25) is 5.91 Å². The quantitative estimate of drug-likeness (QED) is 0.853. The predicted octanol–water partition coefficient (Wildman–Crippen LogP) is 1.26. The Labute approximate surface area is 113 Å². The second-order valence-electron chi connectivity index (χ2n) is 4.23. The van der Waals surface area contributed by atoms with Crippen LogP contribution in [0, 0.1) is 0 Å². The molecule has 20 heavy (non-hydrogen) atoms. The number of para-hydroxylation sites is 2. The van der Waals surface area contributed by atoms with Crippen LogP contribution in [0.4, 0.5) is 17.2 Å². The van der Waals surface area contributed by atoms with Gasteiger partial charge in [-0.15, -0.1) is 10.2 Å². The van der Waals surface area contributed by atoms with Crippen molar-refractivity contribution in [1.82, 2.24) is 10.2 Å². The number of carboxylic acid groups (broad SMARTS) is 1. The summed E-state index contributed by atoms with van der Waals surface area (Å²) in [5, 5.41) is 19.1. The molecule has 0 spiro atoms. The standard InChI is InChI=1S/C13H10N4O3/c18-12-7-17(10-4-2-1-3-8(10)14-12)11-6-5-9(13(19)20)15-16-11/h1-6H,7H2,(H,14,18)(H,19,20). The lowest BCUT2D eigenvalue weighted by Crippen LogP contribution is -2.35. The molecule has 7 heteroatoms. The van der Waals surface area contributed by atoms with Crippen molar-refractivity contribution in [2.45, 2.75) is 0 Å². The third-order valence-electron chi connectivity index (χ3n) is 2.92. The van der Waals surface area contributed by atoms with E-state index < -0.39 is 5.97 Å². The molecular formula is C13H10N4O3. The summed E-state index contributed by atoms with van der Waals surface area (Å²) in [6.45, 7) is 0.109. The molecule has 0 saturated heterocycles. The number of aromatic nitrogens is 2. The average Bonchev–Trinajstić information content (AvgIpc) is 2.46. The Balaban J connectivity index is 2.01. The second kappa shape index (κ2) is 4.61. The summed E-state index contributed by atoms with van der Waals surface area (Å²) in [6.07, 6.45) is 0. The summed E-state index contributed by atoms with van der Waals surface area (Å²) in [7, 11) is 0. The Bertz CT molecular complexity index is 684. The number of anilines is 3. The van der Waals surface area contributed by atoms with Crippen molar-refractivity contribution in [2.75, 3.05) is 16.8 Å². The molecule has 1 aliphatic rings. The van der Waals surface area contributed by atoms with E-state index in [1.54, 1.807) is 11.0 Å². The van der Waals surface area contributed by atoms with E-state index in [4.69, 9.17) is 5.11 Å². The van der Waals surface area contributed by atoms with Crippen LogP contribution in [-0.4, -0.2) is 33.7 Å². The number of aromatic carboxylic acids is 1. The zero-order valence-corrected chi connectivity index (χ0v) is 10.3. The number of carboxylic acids is 1. The van der Waals surface area contributed by atoms with Gasteiger partial charge < -0.3 is 15.3 Å². The highest BCUT2D eigenvalue weighted by Gasteiger charge is 2.24. The van der Waals surface area contributed by atoms with Crippen LogP contribution in [0.2, 0.25) is 0 Å². The zero-order chi connectivity index (χ0) is 14.1. The molecule has 0 bridgehead atoms. The van der Waals surface area contributed by atoms with E-state index in [1.165, 1.54) is 12.1 Å². The first-order valence-corrected chi connectivity index (χ1v) is 5.88. The lowest BCUT2D eigenvalue weighted by atomic mass is 10.2. The van der Waals surface area contributed by atoms with Crippen LogP contribution in [-0.2, 0) is 4.79 Å². The minimum atomic E-state index is -1.14. The van der Waals surface area contributed by atoms with Gasteiger partial charge in [-0.1, -0.05) is 12.1 Å². The van der Waals surface area contributed by atoms with Crippen LogP contribution in [0.25, 0.3) is 0 Å². The van der Waals surface area contributed by atoms with E-state index in [-0.39, 0.29) is 18.1 Å². The zero-order valence-electron chi connectivity index (χ0n) is 10.3. The average molecular weight is 270 g/mol. The largest absolute Gasteiger partial charge is 0.476 e. The van der Waals surface area contributed by atoms with Crippen molar-refractivity contribution in [3.8, 4) is 0 Å². The summed E-state index contributed by atoms with van der Waals surface area (Å²) in [5.74, 6) is -0.869. The van der Waals surface area contributed by atoms with Crippen molar-refractivity contribution in [3.05, 3.63) is 42.1 Å². The first-order valence-electron chi connectivity index (χ1n) is 5.88. The highest BCUT2D eigenvalue weighted by Crippen LogP contribution is 2.33. The number of nitrogens with one attached hydrogen (secondary N) is 1. The molecule has 0 fully saturated rings. The summed E-state index contributed by atoms with van der Waals surface area (Å²) in [5.41, 5.74) is 1.35. The highest BCUT2D eigenvalue weighted by molar-refractivity contribution is 6.02. The van der Waals surface area contributed by atoms with Crippen molar-refractivity contribution in [3.63, 3.8) is 0 Å². The molecule has 0 aliphatic carbocycles. The molecule has 1 amide bonds. The molecule has 0 radical (unpaired) electrons. The van der Waals surface area contributed by atoms with Crippen LogP contribution in [0.1, 0.15) is 10.5 Å². The lowest BCUT2D eigenvalue weighted by molar-refractivity contribution is -0.115. The normalized spacial score (nSPS) is 13.6. The molecule has 0 unspecified atom stereocenters. The van der Waals surface area contributed by atoms with E-state index in [1.807, 2.05) is 18.2 Å². The molecule has 1 aromatic heterocycles. The van der Waals surface area contributed by atoms with Crippen molar-refractivity contribution < 1.29 is 14.7 Å². The number of amides is 1. The lowest BCUT2D eigenvalue weighted by Gasteiger charge is -2.29. The number of rotatable bonds is 2. The monoisotopic (exact) mass is 270 g/mol. The third-order valence-corrected chi connectivity index (χ3v) is 2.92. The second-order valence-corrected chi connectivity index (χ2v) is 4.23. The fraction of sp³-hybridized carbons (Fsp3) is 0.0769. The van der Waals surface area contributed by atoms with Gasteiger partial charge in [0, 0.05) is 0 Å². The maximum absolute atomic E-state index is 11.7. The number of hydrogen-bond acceptors (Lipinski definition) is 5. The van der Waals surface area contributed by atoms with Gasteiger partial charge in [0.1, 0.15) is 6.54 Å². The van der Waals surface area contributed by atoms with Gasteiger partial charge in [0.25, 0.3) is 0 Å². The Morgan fingerprint density at radius 1 is 1.20 bits per heavy atom. The van der Waals surface area contributed by atoms with E-state index in [9.17, 15) is 9.59 Å². The SMILES string of the molecule is O=C1CN(c2ccc(C(=O)O)nn2)c2ccccc2N1. The molecular weight excluding hydrogens is 260 g/mol. The molecule has 2 aromatic rings. The van der Waals surface area contributed by atoms with E-state index >= 15 is 0 Å². The Morgan fingerprint density at radius 2 is 2.00 bits per heavy atom. The molecule has 1 aromatic carbocycles. The number of carbonyl (C=O) groups is 2. The fourth-order valence-corrected chi connectivity index (χ4v) is 2.02. The maximum Gasteiger partial charge on any atom is 0.356 e. The van der Waals surface area contributed by atoms with Gasteiger partial charge >= 0.3 is 5.97 Å². The smallest absolute Gasteiger partial charge is 0.356 e. The number of nitrogens with zero attached hydrogens (tertiary/aromatic N) is 3. The van der Waals surface area contributed by atoms with Gasteiger partial charge in [-0.25, -0.2) is 4.79 Å². The number of hydrogen-bond donors (Lipinski definition) is 2. The summed E-state index contributed by atoms with van der Waals surface area (Å²) in [4.78, 5) is 24.1. The van der Waals surface area contributed by atoms with Crippen LogP contribution < -0.4 is 10.2 Å². The van der Waals surface area contributed by atoms with Crippen LogP contribution in [0.3, 0.4) is 0 Å². The molecule has 100 valence electrons.